The van der Waals surface area contributed by atoms with Crippen LogP contribution < -0.4 is 16.0 Å². The van der Waals surface area contributed by atoms with Gasteiger partial charge in [0.05, 0.1) is 22.1 Å². The molecule has 0 heterocycles. The highest BCUT2D eigenvalue weighted by Crippen LogP contribution is 2.29. The smallest absolute Gasteiger partial charge is 0.137 e. The Morgan fingerprint density at radius 2 is 1.95 bits per heavy atom. The van der Waals surface area contributed by atoms with Crippen LogP contribution in [0.4, 0.5) is 4.39 Å². The van der Waals surface area contributed by atoms with Gasteiger partial charge in [0.25, 0.3) is 0 Å². The van der Waals surface area contributed by atoms with Crippen molar-refractivity contribution in [2.45, 2.75) is 12.5 Å². The second-order valence-corrected chi connectivity index (χ2v) is 6.27. The lowest BCUT2D eigenvalue weighted by molar-refractivity contribution is 0.411. The lowest BCUT2D eigenvalue weighted by Crippen LogP contribution is -2.29. The van der Waals surface area contributed by atoms with Crippen molar-refractivity contribution in [3.05, 3.63) is 62.3 Å². The molecule has 0 amide bonds. The first kappa shape index (κ1) is 16.4. The molecule has 2 aromatic carbocycles. The number of benzene rings is 2. The number of rotatable bonds is 5. The third kappa shape index (κ3) is 4.03. The van der Waals surface area contributed by atoms with Crippen molar-refractivity contribution >= 4 is 31.9 Å². The van der Waals surface area contributed by atoms with Crippen molar-refractivity contribution in [2.24, 2.45) is 5.84 Å². The van der Waals surface area contributed by atoms with Gasteiger partial charge in [-0.15, -0.1) is 0 Å². The maximum absolute atomic E-state index is 13.3. The van der Waals surface area contributed by atoms with Crippen molar-refractivity contribution in [1.29, 1.82) is 0 Å². The molecule has 21 heavy (non-hydrogen) atoms. The highest BCUT2D eigenvalue weighted by atomic mass is 79.9. The van der Waals surface area contributed by atoms with Crippen LogP contribution in [0.2, 0.25) is 0 Å². The van der Waals surface area contributed by atoms with Crippen molar-refractivity contribution in [2.75, 3.05) is 7.11 Å². The largest absolute Gasteiger partial charge is 0.496 e. The van der Waals surface area contributed by atoms with E-state index in [0.29, 0.717) is 10.9 Å². The number of nitrogens with two attached hydrogens (primary N) is 1. The van der Waals surface area contributed by atoms with Gasteiger partial charge in [-0.25, -0.2) is 4.39 Å². The van der Waals surface area contributed by atoms with Gasteiger partial charge in [-0.3, -0.25) is 11.3 Å². The molecule has 0 aliphatic heterocycles. The Morgan fingerprint density at radius 3 is 2.52 bits per heavy atom. The third-order valence-electron chi connectivity index (χ3n) is 3.20. The van der Waals surface area contributed by atoms with E-state index in [1.54, 1.807) is 19.2 Å². The number of halogens is 3. The first-order valence-electron chi connectivity index (χ1n) is 6.28. The van der Waals surface area contributed by atoms with Gasteiger partial charge in [-0.1, -0.05) is 12.1 Å². The molecule has 0 saturated heterocycles. The summed E-state index contributed by atoms with van der Waals surface area (Å²) in [6.45, 7) is 0. The fourth-order valence-corrected chi connectivity index (χ4v) is 3.06. The van der Waals surface area contributed by atoms with Crippen LogP contribution in [-0.2, 0) is 6.42 Å². The summed E-state index contributed by atoms with van der Waals surface area (Å²) in [7, 11) is 1.62. The summed E-state index contributed by atoms with van der Waals surface area (Å²) < 4.78 is 19.8. The molecule has 0 radical (unpaired) electrons. The molecule has 2 rings (SSSR count). The molecule has 0 spiro atoms. The lowest BCUT2D eigenvalue weighted by atomic mass is 9.99. The Labute approximate surface area is 139 Å². The molecule has 6 heteroatoms. The van der Waals surface area contributed by atoms with Crippen LogP contribution in [0.3, 0.4) is 0 Å². The van der Waals surface area contributed by atoms with Crippen molar-refractivity contribution in [3.63, 3.8) is 0 Å². The zero-order valence-corrected chi connectivity index (χ0v) is 14.5. The minimum Gasteiger partial charge on any atom is -0.496 e. The summed E-state index contributed by atoms with van der Waals surface area (Å²) in [5.74, 6) is 6.15. The van der Waals surface area contributed by atoms with Crippen molar-refractivity contribution in [3.8, 4) is 5.75 Å². The van der Waals surface area contributed by atoms with Gasteiger partial charge in [0, 0.05) is 0 Å². The van der Waals surface area contributed by atoms with Crippen LogP contribution in [0.5, 0.6) is 5.75 Å². The molecular weight excluding hydrogens is 403 g/mol. The molecule has 112 valence electrons. The van der Waals surface area contributed by atoms with Crippen molar-refractivity contribution < 1.29 is 9.13 Å². The molecule has 0 aromatic heterocycles. The number of hydrogen-bond donors (Lipinski definition) is 2. The molecule has 3 N–H and O–H groups in total. The fraction of sp³-hybridized carbons (Fsp3) is 0.200. The van der Waals surface area contributed by atoms with Crippen LogP contribution in [-0.4, -0.2) is 7.11 Å². The van der Waals surface area contributed by atoms with E-state index in [0.717, 1.165) is 21.3 Å². The van der Waals surface area contributed by atoms with E-state index in [9.17, 15) is 4.39 Å². The predicted octanol–water partition coefficient (Wildman–Crippen LogP) is 4.11. The van der Waals surface area contributed by atoms with E-state index in [4.69, 9.17) is 10.6 Å². The van der Waals surface area contributed by atoms with Gasteiger partial charge in [0.15, 0.2) is 0 Å². The Balaban J connectivity index is 2.23. The average Bonchev–Trinajstić information content (AvgIpc) is 2.48. The standard InChI is InChI=1S/C15H15Br2FN2O/c1-21-15-5-3-10(8-12(15)17)14(20-19)7-9-2-4-13(18)11(16)6-9/h2-6,8,14,20H,7,19H2,1H3. The quantitative estimate of drug-likeness (QED) is 0.568. The Hall–Kier alpha value is -0.950. The zero-order valence-electron chi connectivity index (χ0n) is 11.4. The SMILES string of the molecule is COc1ccc(C(Cc2ccc(F)c(Br)c2)NN)cc1Br. The topological polar surface area (TPSA) is 47.3 Å². The summed E-state index contributed by atoms with van der Waals surface area (Å²) in [5, 5.41) is 0. The molecule has 3 nitrogen and oxygen atoms in total. The van der Waals surface area contributed by atoms with E-state index in [2.05, 4.69) is 37.3 Å². The first-order chi connectivity index (χ1) is 10.0. The molecular formula is C15H15Br2FN2O. The van der Waals surface area contributed by atoms with Gasteiger partial charge < -0.3 is 4.74 Å². The highest BCUT2D eigenvalue weighted by molar-refractivity contribution is 9.10. The van der Waals surface area contributed by atoms with Gasteiger partial charge in [0.1, 0.15) is 11.6 Å². The molecule has 1 unspecified atom stereocenters. The normalized spacial score (nSPS) is 12.2. The fourth-order valence-electron chi connectivity index (χ4n) is 2.07. The minimum atomic E-state index is -0.275. The maximum atomic E-state index is 13.3. The van der Waals surface area contributed by atoms with Crippen LogP contribution in [0.25, 0.3) is 0 Å². The number of ether oxygens (including phenoxy) is 1. The summed E-state index contributed by atoms with van der Waals surface area (Å²) >= 11 is 6.65. The van der Waals surface area contributed by atoms with Crippen LogP contribution >= 0.6 is 31.9 Å². The molecule has 1 atom stereocenters. The second-order valence-electron chi connectivity index (χ2n) is 4.57. The summed E-state index contributed by atoms with van der Waals surface area (Å²) in [6, 6.07) is 10.7. The van der Waals surface area contributed by atoms with Gasteiger partial charge >= 0.3 is 0 Å². The first-order valence-corrected chi connectivity index (χ1v) is 7.87. The molecule has 0 aliphatic carbocycles. The minimum absolute atomic E-state index is 0.0791. The summed E-state index contributed by atoms with van der Waals surface area (Å²) in [5.41, 5.74) is 4.80. The van der Waals surface area contributed by atoms with Gasteiger partial charge in [-0.05, 0) is 73.7 Å². The average molecular weight is 418 g/mol. The number of hydrogen-bond acceptors (Lipinski definition) is 3. The van der Waals surface area contributed by atoms with E-state index in [1.165, 1.54) is 6.07 Å². The Morgan fingerprint density at radius 1 is 1.19 bits per heavy atom. The highest BCUT2D eigenvalue weighted by Gasteiger charge is 2.13. The number of methoxy groups -OCH3 is 1. The Bertz CT molecular complexity index is 637. The maximum Gasteiger partial charge on any atom is 0.137 e. The van der Waals surface area contributed by atoms with E-state index in [1.807, 2.05) is 18.2 Å². The van der Waals surface area contributed by atoms with E-state index < -0.39 is 0 Å². The molecule has 0 aliphatic rings. The van der Waals surface area contributed by atoms with E-state index >= 15 is 0 Å². The second kappa shape index (κ2) is 7.35. The predicted molar refractivity (Wildman–Crippen MR) is 88.6 cm³/mol. The molecule has 2 aromatic rings. The summed E-state index contributed by atoms with van der Waals surface area (Å²) in [4.78, 5) is 0. The zero-order chi connectivity index (χ0) is 15.4. The monoisotopic (exact) mass is 416 g/mol. The summed E-state index contributed by atoms with van der Waals surface area (Å²) in [6.07, 6.45) is 0.647. The Kier molecular flexibility index (Phi) is 5.75. The molecule has 0 saturated carbocycles. The molecule has 0 bridgehead atoms. The van der Waals surface area contributed by atoms with Crippen LogP contribution in [0.1, 0.15) is 17.2 Å². The number of nitrogens with one attached hydrogen (secondary N) is 1. The lowest BCUT2D eigenvalue weighted by Gasteiger charge is -2.18. The van der Waals surface area contributed by atoms with Gasteiger partial charge in [0.2, 0.25) is 0 Å². The van der Waals surface area contributed by atoms with Crippen molar-refractivity contribution in [1.82, 2.24) is 5.43 Å². The van der Waals surface area contributed by atoms with Gasteiger partial charge in [-0.2, -0.15) is 0 Å². The third-order valence-corrected chi connectivity index (χ3v) is 4.43. The number of hydrazine groups is 1. The van der Waals surface area contributed by atoms with Crippen LogP contribution in [0, 0.1) is 5.82 Å². The van der Waals surface area contributed by atoms with E-state index in [-0.39, 0.29) is 11.9 Å². The van der Waals surface area contributed by atoms with Crippen LogP contribution in [0.15, 0.2) is 45.3 Å². The molecule has 0 fully saturated rings.